The second kappa shape index (κ2) is 8.64. The Morgan fingerprint density at radius 3 is 2.81 bits per heavy atom. The van der Waals surface area contributed by atoms with E-state index in [0.29, 0.717) is 29.6 Å². The minimum atomic E-state index is -0.0942. The highest BCUT2D eigenvalue weighted by Crippen LogP contribution is 2.35. The smallest absolute Gasteiger partial charge is 0.256 e. The minimum absolute atomic E-state index is 0.0942. The molecule has 0 atom stereocenters. The Balaban J connectivity index is 1.32. The zero-order valence-corrected chi connectivity index (χ0v) is 18.7. The van der Waals surface area contributed by atoms with Crippen molar-refractivity contribution in [1.82, 2.24) is 14.9 Å². The molecule has 0 spiro atoms. The number of nitrogens with zero attached hydrogens (tertiary/aromatic N) is 2. The molecule has 0 radical (unpaired) electrons. The van der Waals surface area contributed by atoms with Gasteiger partial charge in [0.2, 0.25) is 0 Å². The van der Waals surface area contributed by atoms with E-state index in [2.05, 4.69) is 27.0 Å². The van der Waals surface area contributed by atoms with Gasteiger partial charge in [0.05, 0.1) is 31.7 Å². The van der Waals surface area contributed by atoms with Crippen molar-refractivity contribution in [2.45, 2.75) is 19.5 Å². The van der Waals surface area contributed by atoms with Crippen LogP contribution >= 0.6 is 11.3 Å². The Morgan fingerprint density at radius 2 is 2.03 bits per heavy atom. The van der Waals surface area contributed by atoms with Crippen LogP contribution in [-0.2, 0) is 19.5 Å². The van der Waals surface area contributed by atoms with E-state index in [1.807, 2.05) is 18.2 Å². The number of fused-ring (bicyclic) bond motifs is 1. The first-order chi connectivity index (χ1) is 15.6. The zero-order valence-electron chi connectivity index (χ0n) is 17.9. The van der Waals surface area contributed by atoms with E-state index in [4.69, 9.17) is 13.9 Å². The van der Waals surface area contributed by atoms with E-state index in [0.717, 1.165) is 36.3 Å². The second-order valence-electron chi connectivity index (χ2n) is 7.61. The summed E-state index contributed by atoms with van der Waals surface area (Å²) in [5.41, 5.74) is 2.59. The summed E-state index contributed by atoms with van der Waals surface area (Å²) in [6.45, 7) is 2.22. The molecule has 7 nitrogen and oxygen atoms in total. The lowest BCUT2D eigenvalue weighted by atomic mass is 10.1. The summed E-state index contributed by atoms with van der Waals surface area (Å²) in [5.74, 6) is 2.50. The van der Waals surface area contributed by atoms with Crippen LogP contribution in [0.2, 0.25) is 0 Å². The van der Waals surface area contributed by atoms with Crippen LogP contribution in [0.4, 0.5) is 0 Å². The van der Waals surface area contributed by atoms with Crippen molar-refractivity contribution in [3.8, 4) is 33.5 Å². The molecule has 0 saturated heterocycles. The van der Waals surface area contributed by atoms with Crippen LogP contribution in [0.5, 0.6) is 11.5 Å². The first kappa shape index (κ1) is 20.5. The number of nitrogens with one attached hydrogen (secondary N) is 1. The van der Waals surface area contributed by atoms with Crippen molar-refractivity contribution in [1.29, 1.82) is 0 Å². The van der Waals surface area contributed by atoms with Crippen LogP contribution < -0.4 is 15.0 Å². The molecule has 0 saturated carbocycles. The van der Waals surface area contributed by atoms with Gasteiger partial charge in [0.15, 0.2) is 23.1 Å². The van der Waals surface area contributed by atoms with Crippen molar-refractivity contribution in [2.24, 2.45) is 0 Å². The number of ether oxygens (including phenoxy) is 2. The van der Waals surface area contributed by atoms with Crippen LogP contribution in [0.1, 0.15) is 16.1 Å². The van der Waals surface area contributed by atoms with E-state index in [1.165, 1.54) is 9.75 Å². The first-order valence-corrected chi connectivity index (χ1v) is 11.2. The Morgan fingerprint density at radius 1 is 1.16 bits per heavy atom. The van der Waals surface area contributed by atoms with Gasteiger partial charge in [0, 0.05) is 35.8 Å². The van der Waals surface area contributed by atoms with Crippen LogP contribution in [0, 0.1) is 0 Å². The SMILES string of the molecule is COc1ccc(-c2ccc(CN3CCc4nc(-c5ccco5)[nH]c(=O)c4C3)s2)cc1OC. The van der Waals surface area contributed by atoms with Crippen molar-refractivity contribution in [3.63, 3.8) is 0 Å². The number of thiophene rings is 1. The standard InChI is InChI=1S/C24H23N3O4S/c1-29-19-7-5-15(12-21(19)30-2)22-8-6-16(32-22)13-27-10-9-18-17(14-27)24(28)26-23(25-18)20-4-3-11-31-20/h3-8,11-12H,9-10,13-14H2,1-2H3,(H,25,26,28). The lowest BCUT2D eigenvalue weighted by Gasteiger charge is -2.27. The molecule has 4 aromatic rings. The lowest BCUT2D eigenvalue weighted by molar-refractivity contribution is 0.244. The van der Waals surface area contributed by atoms with Gasteiger partial charge in [-0.3, -0.25) is 9.69 Å². The van der Waals surface area contributed by atoms with E-state index >= 15 is 0 Å². The molecule has 0 aliphatic carbocycles. The zero-order chi connectivity index (χ0) is 22.1. The second-order valence-corrected chi connectivity index (χ2v) is 8.78. The van der Waals surface area contributed by atoms with Gasteiger partial charge in [-0.25, -0.2) is 4.98 Å². The summed E-state index contributed by atoms with van der Waals surface area (Å²) >= 11 is 1.75. The maximum atomic E-state index is 12.7. The molecular weight excluding hydrogens is 426 g/mol. The predicted molar refractivity (Wildman–Crippen MR) is 123 cm³/mol. The lowest BCUT2D eigenvalue weighted by Crippen LogP contribution is -2.35. The Bertz CT molecular complexity index is 1290. The molecule has 1 N–H and O–H groups in total. The molecule has 3 aromatic heterocycles. The third-order valence-electron chi connectivity index (χ3n) is 5.61. The number of hydrogen-bond acceptors (Lipinski definition) is 7. The topological polar surface area (TPSA) is 80.6 Å². The molecule has 0 amide bonds. The minimum Gasteiger partial charge on any atom is -0.493 e. The largest absolute Gasteiger partial charge is 0.493 e. The number of furan rings is 1. The van der Waals surface area contributed by atoms with Crippen molar-refractivity contribution >= 4 is 11.3 Å². The van der Waals surface area contributed by atoms with Gasteiger partial charge in [-0.05, 0) is 48.0 Å². The summed E-state index contributed by atoms with van der Waals surface area (Å²) in [7, 11) is 3.28. The summed E-state index contributed by atoms with van der Waals surface area (Å²) in [6, 6.07) is 13.8. The van der Waals surface area contributed by atoms with Gasteiger partial charge in [-0.2, -0.15) is 0 Å². The Kier molecular flexibility index (Phi) is 5.55. The molecule has 1 aliphatic heterocycles. The van der Waals surface area contributed by atoms with Gasteiger partial charge in [-0.1, -0.05) is 0 Å². The first-order valence-electron chi connectivity index (χ1n) is 10.3. The fourth-order valence-corrected chi connectivity index (χ4v) is 5.02. The Labute approximate surface area is 189 Å². The highest BCUT2D eigenvalue weighted by atomic mass is 32.1. The van der Waals surface area contributed by atoms with E-state index in [-0.39, 0.29) is 5.56 Å². The highest BCUT2D eigenvalue weighted by molar-refractivity contribution is 7.15. The third-order valence-corrected chi connectivity index (χ3v) is 6.73. The van der Waals surface area contributed by atoms with Crippen LogP contribution in [0.3, 0.4) is 0 Å². The van der Waals surface area contributed by atoms with Gasteiger partial charge in [0.1, 0.15) is 0 Å². The van der Waals surface area contributed by atoms with Crippen molar-refractivity contribution < 1.29 is 13.9 Å². The van der Waals surface area contributed by atoms with E-state index in [1.54, 1.807) is 44.0 Å². The van der Waals surface area contributed by atoms with Gasteiger partial charge >= 0.3 is 0 Å². The quantitative estimate of drug-likeness (QED) is 0.472. The van der Waals surface area contributed by atoms with Gasteiger partial charge in [0.25, 0.3) is 5.56 Å². The van der Waals surface area contributed by atoms with Crippen molar-refractivity contribution in [2.75, 3.05) is 20.8 Å². The van der Waals surface area contributed by atoms with E-state index in [9.17, 15) is 4.79 Å². The molecule has 4 heterocycles. The number of H-pyrrole nitrogens is 1. The maximum absolute atomic E-state index is 12.7. The number of aromatic nitrogens is 2. The summed E-state index contributed by atoms with van der Waals surface area (Å²) in [6.07, 6.45) is 2.31. The average Bonchev–Trinajstić information content (AvgIpc) is 3.51. The summed E-state index contributed by atoms with van der Waals surface area (Å²) in [4.78, 5) is 24.9. The normalized spacial score (nSPS) is 13.7. The number of rotatable bonds is 6. The molecular formula is C24H23N3O4S. The van der Waals surface area contributed by atoms with Crippen LogP contribution in [0.15, 0.2) is 57.9 Å². The number of aromatic amines is 1. The predicted octanol–water partition coefficient (Wildman–Crippen LogP) is 4.33. The fourth-order valence-electron chi connectivity index (χ4n) is 3.97. The highest BCUT2D eigenvalue weighted by Gasteiger charge is 2.22. The molecule has 1 aromatic carbocycles. The van der Waals surface area contributed by atoms with Gasteiger partial charge < -0.3 is 18.9 Å². The maximum Gasteiger partial charge on any atom is 0.256 e. The summed E-state index contributed by atoms with van der Waals surface area (Å²) in [5, 5.41) is 0. The van der Waals surface area contributed by atoms with Crippen LogP contribution in [-0.4, -0.2) is 35.6 Å². The molecule has 32 heavy (non-hydrogen) atoms. The third kappa shape index (κ3) is 3.94. The van der Waals surface area contributed by atoms with Gasteiger partial charge in [-0.15, -0.1) is 11.3 Å². The Hall–Kier alpha value is -3.36. The average molecular weight is 450 g/mol. The number of methoxy groups -OCH3 is 2. The monoisotopic (exact) mass is 449 g/mol. The van der Waals surface area contributed by atoms with Crippen LogP contribution in [0.25, 0.3) is 22.0 Å². The van der Waals surface area contributed by atoms with Crippen molar-refractivity contribution in [3.05, 3.63) is 75.2 Å². The molecule has 0 fully saturated rings. The number of benzene rings is 1. The molecule has 5 rings (SSSR count). The molecule has 1 aliphatic rings. The number of hydrogen-bond donors (Lipinski definition) is 1. The van der Waals surface area contributed by atoms with E-state index < -0.39 is 0 Å². The molecule has 8 heteroatoms. The molecule has 164 valence electrons. The molecule has 0 bridgehead atoms. The molecule has 0 unspecified atom stereocenters. The summed E-state index contributed by atoms with van der Waals surface area (Å²) < 4.78 is 16.1. The fraction of sp³-hybridized carbons (Fsp3) is 0.250.